The van der Waals surface area contributed by atoms with Crippen LogP contribution < -0.4 is 10.6 Å². The predicted octanol–water partition coefficient (Wildman–Crippen LogP) is 1.98. The van der Waals surface area contributed by atoms with Gasteiger partial charge in [-0.15, -0.1) is 0 Å². The summed E-state index contributed by atoms with van der Waals surface area (Å²) in [5, 5.41) is 0. The van der Waals surface area contributed by atoms with Crippen molar-refractivity contribution in [1.82, 2.24) is 9.97 Å². The van der Waals surface area contributed by atoms with Crippen LogP contribution in [0.15, 0.2) is 30.3 Å². The maximum atomic E-state index is 5.97. The molecule has 0 saturated carbocycles. The minimum Gasteiger partial charge on any atom is -0.332 e. The molecule has 4 heteroatoms. The molecule has 0 aliphatic carbocycles. The fourth-order valence-corrected chi connectivity index (χ4v) is 2.87. The van der Waals surface area contributed by atoms with E-state index < -0.39 is 0 Å². The minimum atomic E-state index is 0.270. The summed E-state index contributed by atoms with van der Waals surface area (Å²) in [6.07, 6.45) is 0.961. The van der Waals surface area contributed by atoms with Crippen molar-refractivity contribution in [3.63, 3.8) is 0 Å². The first-order valence-electron chi connectivity index (χ1n) is 7.03. The van der Waals surface area contributed by atoms with Gasteiger partial charge in [-0.1, -0.05) is 24.3 Å². The summed E-state index contributed by atoms with van der Waals surface area (Å²) in [5.41, 5.74) is 10.7. The van der Waals surface area contributed by atoms with Crippen LogP contribution in [0.3, 0.4) is 0 Å². The second-order valence-corrected chi connectivity index (χ2v) is 5.44. The third kappa shape index (κ3) is 2.39. The van der Waals surface area contributed by atoms with E-state index in [1.807, 2.05) is 19.9 Å². The van der Waals surface area contributed by atoms with Crippen molar-refractivity contribution in [3.05, 3.63) is 52.8 Å². The standard InChI is InChI=1S/C16H20N4/c1-11-7-12(2)19-16(18-11)20-10-14-6-4-3-5-13(14)8-15(20)9-17/h3-7,15H,8-10,17H2,1-2H3. The molecule has 1 aromatic heterocycles. The number of fused-ring (bicyclic) bond motifs is 1. The summed E-state index contributed by atoms with van der Waals surface area (Å²) in [5.74, 6) is 0.799. The highest BCUT2D eigenvalue weighted by Gasteiger charge is 2.26. The fourth-order valence-electron chi connectivity index (χ4n) is 2.87. The molecule has 0 fully saturated rings. The van der Waals surface area contributed by atoms with Crippen molar-refractivity contribution in [2.24, 2.45) is 5.73 Å². The average Bonchev–Trinajstić information content (AvgIpc) is 2.44. The highest BCUT2D eigenvalue weighted by Crippen LogP contribution is 2.26. The van der Waals surface area contributed by atoms with Crippen LogP contribution in [0.4, 0.5) is 5.95 Å². The number of hydrogen-bond donors (Lipinski definition) is 1. The van der Waals surface area contributed by atoms with E-state index in [-0.39, 0.29) is 6.04 Å². The van der Waals surface area contributed by atoms with Gasteiger partial charge in [0.15, 0.2) is 0 Å². The van der Waals surface area contributed by atoms with Crippen molar-refractivity contribution in [2.45, 2.75) is 32.9 Å². The van der Waals surface area contributed by atoms with E-state index in [0.29, 0.717) is 6.54 Å². The Balaban J connectivity index is 2.00. The molecule has 4 nitrogen and oxygen atoms in total. The Hall–Kier alpha value is -1.94. The molecule has 1 aromatic carbocycles. The summed E-state index contributed by atoms with van der Waals surface area (Å²) in [4.78, 5) is 11.4. The first-order chi connectivity index (χ1) is 9.67. The normalized spacial score (nSPS) is 17.9. The number of aromatic nitrogens is 2. The Labute approximate surface area is 119 Å². The van der Waals surface area contributed by atoms with Crippen LogP contribution in [0.25, 0.3) is 0 Å². The van der Waals surface area contributed by atoms with Gasteiger partial charge in [-0.2, -0.15) is 0 Å². The molecule has 1 unspecified atom stereocenters. The summed E-state index contributed by atoms with van der Waals surface area (Å²) in [7, 11) is 0. The fraction of sp³-hybridized carbons (Fsp3) is 0.375. The molecule has 20 heavy (non-hydrogen) atoms. The average molecular weight is 268 g/mol. The second kappa shape index (κ2) is 5.21. The number of rotatable bonds is 2. The van der Waals surface area contributed by atoms with Crippen LogP contribution in [0, 0.1) is 13.8 Å². The van der Waals surface area contributed by atoms with Gasteiger partial charge in [-0.3, -0.25) is 0 Å². The van der Waals surface area contributed by atoms with Gasteiger partial charge in [0.05, 0.1) is 0 Å². The van der Waals surface area contributed by atoms with Crippen molar-refractivity contribution >= 4 is 5.95 Å². The van der Waals surface area contributed by atoms with E-state index in [2.05, 4.69) is 39.1 Å². The first kappa shape index (κ1) is 13.1. The highest BCUT2D eigenvalue weighted by molar-refractivity contribution is 5.42. The molecule has 1 aliphatic rings. The first-order valence-corrected chi connectivity index (χ1v) is 7.03. The van der Waals surface area contributed by atoms with E-state index in [1.165, 1.54) is 11.1 Å². The van der Waals surface area contributed by atoms with Gasteiger partial charge in [-0.25, -0.2) is 9.97 Å². The van der Waals surface area contributed by atoms with E-state index >= 15 is 0 Å². The quantitative estimate of drug-likeness (QED) is 0.905. The zero-order valence-corrected chi connectivity index (χ0v) is 12.0. The monoisotopic (exact) mass is 268 g/mol. The Kier molecular flexibility index (Phi) is 3.40. The van der Waals surface area contributed by atoms with E-state index in [9.17, 15) is 0 Å². The summed E-state index contributed by atoms with van der Waals surface area (Å²) in [6.45, 7) is 5.46. The minimum absolute atomic E-state index is 0.270. The Morgan fingerprint density at radius 2 is 1.80 bits per heavy atom. The van der Waals surface area contributed by atoms with Crippen molar-refractivity contribution in [3.8, 4) is 0 Å². The van der Waals surface area contributed by atoms with Crippen LogP contribution in [-0.2, 0) is 13.0 Å². The summed E-state index contributed by atoms with van der Waals surface area (Å²) < 4.78 is 0. The topological polar surface area (TPSA) is 55.0 Å². The Morgan fingerprint density at radius 1 is 1.15 bits per heavy atom. The van der Waals surface area contributed by atoms with Crippen molar-refractivity contribution < 1.29 is 0 Å². The molecular formula is C16H20N4. The van der Waals surface area contributed by atoms with Crippen molar-refractivity contribution in [2.75, 3.05) is 11.4 Å². The molecule has 3 rings (SSSR count). The number of benzene rings is 1. The zero-order chi connectivity index (χ0) is 14.1. The third-order valence-corrected chi connectivity index (χ3v) is 3.85. The molecule has 104 valence electrons. The molecule has 0 spiro atoms. The largest absolute Gasteiger partial charge is 0.332 e. The number of aryl methyl sites for hydroxylation is 2. The number of anilines is 1. The van der Waals surface area contributed by atoms with Gasteiger partial charge in [0.25, 0.3) is 0 Å². The molecule has 1 atom stereocenters. The molecule has 1 aliphatic heterocycles. The highest BCUT2D eigenvalue weighted by atomic mass is 15.3. The van der Waals surface area contributed by atoms with Crippen LogP contribution in [0.5, 0.6) is 0 Å². The smallest absolute Gasteiger partial charge is 0.226 e. The van der Waals surface area contributed by atoms with E-state index in [4.69, 9.17) is 5.73 Å². The van der Waals surface area contributed by atoms with Gasteiger partial charge in [0.2, 0.25) is 5.95 Å². The summed E-state index contributed by atoms with van der Waals surface area (Å²) >= 11 is 0. The maximum Gasteiger partial charge on any atom is 0.226 e. The molecule has 2 N–H and O–H groups in total. The number of nitrogens with zero attached hydrogens (tertiary/aromatic N) is 3. The van der Waals surface area contributed by atoms with Gasteiger partial charge in [0, 0.05) is 30.5 Å². The van der Waals surface area contributed by atoms with Crippen LogP contribution in [0.1, 0.15) is 22.5 Å². The Bertz CT molecular complexity index is 603. The van der Waals surface area contributed by atoms with Crippen molar-refractivity contribution in [1.29, 1.82) is 0 Å². The lowest BCUT2D eigenvalue weighted by Gasteiger charge is -2.36. The number of nitrogens with two attached hydrogens (primary N) is 1. The second-order valence-electron chi connectivity index (χ2n) is 5.44. The van der Waals surface area contributed by atoms with E-state index in [1.54, 1.807) is 0 Å². The lowest BCUT2D eigenvalue weighted by atomic mass is 9.94. The molecule has 0 saturated heterocycles. The molecule has 0 bridgehead atoms. The van der Waals surface area contributed by atoms with Crippen LogP contribution in [0.2, 0.25) is 0 Å². The SMILES string of the molecule is Cc1cc(C)nc(N2Cc3ccccc3CC2CN)n1. The van der Waals surface area contributed by atoms with Crippen LogP contribution >= 0.6 is 0 Å². The maximum absolute atomic E-state index is 5.97. The van der Waals surface area contributed by atoms with Gasteiger partial charge in [-0.05, 0) is 37.5 Å². The molecular weight excluding hydrogens is 248 g/mol. The van der Waals surface area contributed by atoms with Gasteiger partial charge < -0.3 is 10.6 Å². The lowest BCUT2D eigenvalue weighted by Crippen LogP contribution is -2.46. The van der Waals surface area contributed by atoms with Crippen LogP contribution in [-0.4, -0.2) is 22.6 Å². The predicted molar refractivity (Wildman–Crippen MR) is 80.7 cm³/mol. The lowest BCUT2D eigenvalue weighted by molar-refractivity contribution is 0.548. The molecule has 2 aromatic rings. The zero-order valence-electron chi connectivity index (χ0n) is 12.0. The molecule has 0 amide bonds. The molecule has 0 radical (unpaired) electrons. The van der Waals surface area contributed by atoms with Gasteiger partial charge >= 0.3 is 0 Å². The Morgan fingerprint density at radius 3 is 2.45 bits per heavy atom. The van der Waals surface area contributed by atoms with Gasteiger partial charge in [0.1, 0.15) is 0 Å². The number of hydrogen-bond acceptors (Lipinski definition) is 4. The summed E-state index contributed by atoms with van der Waals surface area (Å²) in [6, 6.07) is 10.8. The molecule has 2 heterocycles. The van der Waals surface area contributed by atoms with E-state index in [0.717, 1.165) is 30.3 Å². The third-order valence-electron chi connectivity index (χ3n) is 3.85.